The fraction of sp³-hybridized carbons (Fsp3) is 0.531. The summed E-state index contributed by atoms with van der Waals surface area (Å²) in [4.78, 5) is 27.2. The number of fused-ring (bicyclic) bond motifs is 1. The molecule has 0 radical (unpaired) electrons. The molecule has 2 aromatic rings. The van der Waals surface area contributed by atoms with E-state index in [1.165, 1.54) is 0 Å². The first kappa shape index (κ1) is 32.4. The van der Waals surface area contributed by atoms with Crippen LogP contribution in [0.5, 0.6) is 0 Å². The molecule has 1 saturated carbocycles. The number of rotatable bonds is 10. The molecule has 5 rings (SSSR count). The van der Waals surface area contributed by atoms with E-state index >= 15 is 0 Å². The van der Waals surface area contributed by atoms with E-state index in [9.17, 15) is 25.1 Å². The summed E-state index contributed by atoms with van der Waals surface area (Å²) < 4.78 is 63.6. The minimum absolute atomic E-state index is 0.0510. The normalized spacial score (nSPS) is 25.0. The van der Waals surface area contributed by atoms with Crippen LogP contribution in [0.1, 0.15) is 54.9 Å². The molecule has 2 aliphatic carbocycles. The number of benzene rings is 1. The van der Waals surface area contributed by atoms with Crippen LogP contribution in [-0.2, 0) is 16.1 Å². The molecule has 1 N–H and O–H groups in total. The molecule has 242 valence electrons. The Morgan fingerprint density at radius 2 is 1.89 bits per heavy atom. The predicted molar refractivity (Wildman–Crippen MR) is 167 cm³/mol. The maximum absolute atomic E-state index is 14.1. The van der Waals surface area contributed by atoms with Crippen molar-refractivity contribution in [3.63, 3.8) is 0 Å². The van der Waals surface area contributed by atoms with Crippen LogP contribution < -0.4 is 5.32 Å². The summed E-state index contributed by atoms with van der Waals surface area (Å²) >= 11 is 0. The van der Waals surface area contributed by atoms with Crippen LogP contribution in [0.4, 0.5) is 15.5 Å². The van der Waals surface area contributed by atoms with E-state index in [0.717, 1.165) is 74.3 Å². The maximum Gasteiger partial charge on any atom is 0.251 e. The minimum Gasteiger partial charge on any atom is -0.379 e. The van der Waals surface area contributed by atoms with Gasteiger partial charge in [0, 0.05) is 61.2 Å². The van der Waals surface area contributed by atoms with Crippen molar-refractivity contribution in [1.82, 2.24) is 20.0 Å². The van der Waals surface area contributed by atoms with Crippen molar-refractivity contribution in [2.24, 2.45) is 17.8 Å². The Balaban J connectivity index is 1.17. The van der Waals surface area contributed by atoms with Crippen molar-refractivity contribution < 1.29 is 29.9 Å². The second-order valence-corrected chi connectivity index (χ2v) is 15.7. The molecule has 2 fully saturated rings. The number of nitrogens with zero attached hydrogens (tertiary/aromatic N) is 3. The molecular formula is C32H42F4N4O3S. The molecule has 3 atom stereocenters. The Morgan fingerprint density at radius 3 is 2.55 bits per heavy atom. The van der Waals surface area contributed by atoms with E-state index in [0.29, 0.717) is 30.6 Å². The molecule has 3 aliphatic rings. The van der Waals surface area contributed by atoms with Gasteiger partial charge in [-0.15, -0.1) is 15.5 Å². The summed E-state index contributed by atoms with van der Waals surface area (Å²) in [5.74, 6) is -0.176. The quantitative estimate of drug-likeness (QED) is 0.279. The third-order valence-electron chi connectivity index (χ3n) is 9.33. The van der Waals surface area contributed by atoms with Gasteiger partial charge in [0.2, 0.25) is 0 Å². The number of Topliss-reactive ketones (excluding diaryl/α,β-unsaturated/α-hetero) is 1. The lowest BCUT2D eigenvalue weighted by Crippen LogP contribution is -2.41. The predicted octanol–water partition coefficient (Wildman–Crippen LogP) is 7.19. The van der Waals surface area contributed by atoms with Gasteiger partial charge in [-0.25, -0.2) is 0 Å². The van der Waals surface area contributed by atoms with Gasteiger partial charge in [-0.2, -0.15) is 5.10 Å². The van der Waals surface area contributed by atoms with Gasteiger partial charge in [0.25, 0.3) is 5.91 Å². The van der Waals surface area contributed by atoms with Gasteiger partial charge in [0.1, 0.15) is 0 Å². The Labute approximate surface area is 255 Å². The average molecular weight is 639 g/mol. The number of hydrogen-bond acceptors (Lipinski definition) is 5. The van der Waals surface area contributed by atoms with Crippen LogP contribution in [-0.4, -0.2) is 65.8 Å². The summed E-state index contributed by atoms with van der Waals surface area (Å²) in [6.45, 7) is 11.8. The first-order valence-electron chi connectivity index (χ1n) is 15.3. The molecule has 1 aliphatic heterocycles. The SMILES string of the molecule is C=CS(F)(F)(F)(F)C1=CC=C(C(=O)C2CCC(Cn3cc4cc(C(=O)NCCN5CCOCC5)c(C)cc4n3)CC2C)CC1. The van der Waals surface area contributed by atoms with Crippen molar-refractivity contribution in [2.45, 2.75) is 52.5 Å². The number of ketones is 1. The molecule has 2 heterocycles. The smallest absolute Gasteiger partial charge is 0.251 e. The molecule has 3 unspecified atom stereocenters. The highest BCUT2D eigenvalue weighted by Gasteiger charge is 2.63. The van der Waals surface area contributed by atoms with Gasteiger partial charge in [0.15, 0.2) is 15.6 Å². The first-order chi connectivity index (χ1) is 20.7. The molecular weight excluding hydrogens is 596 g/mol. The highest BCUT2D eigenvalue weighted by atomic mass is 32.5. The lowest BCUT2D eigenvalue weighted by molar-refractivity contribution is -0.122. The van der Waals surface area contributed by atoms with Crippen LogP contribution in [0.3, 0.4) is 0 Å². The molecule has 1 aromatic carbocycles. The number of hydrogen-bond donors (Lipinski definition) is 1. The Bertz CT molecular complexity index is 1520. The van der Waals surface area contributed by atoms with E-state index in [2.05, 4.69) is 16.8 Å². The number of morpholine rings is 1. The highest BCUT2D eigenvalue weighted by molar-refractivity contribution is 8.54. The number of allylic oxidation sites excluding steroid dienone is 4. The zero-order valence-corrected chi connectivity index (χ0v) is 26.2. The number of ether oxygens (including phenoxy) is 1. The third-order valence-corrected chi connectivity index (χ3v) is 11.4. The highest BCUT2D eigenvalue weighted by Crippen LogP contribution is 3.02. The number of amides is 1. The van der Waals surface area contributed by atoms with E-state index < -0.39 is 26.6 Å². The Hall–Kier alpha value is -2.96. The van der Waals surface area contributed by atoms with Crippen LogP contribution >= 0.6 is 9.84 Å². The zero-order valence-electron chi connectivity index (χ0n) is 25.4. The zero-order chi connectivity index (χ0) is 31.8. The van der Waals surface area contributed by atoms with E-state index in [1.54, 1.807) is 0 Å². The summed E-state index contributed by atoms with van der Waals surface area (Å²) in [7, 11) is -8.46. The summed E-state index contributed by atoms with van der Waals surface area (Å²) in [6.07, 6.45) is 5.36. The molecule has 0 bridgehead atoms. The lowest BCUT2D eigenvalue weighted by Gasteiger charge is -2.49. The van der Waals surface area contributed by atoms with Crippen LogP contribution in [0, 0.1) is 24.7 Å². The van der Waals surface area contributed by atoms with Crippen LogP contribution in [0.2, 0.25) is 0 Å². The van der Waals surface area contributed by atoms with Crippen molar-refractivity contribution in [3.05, 3.63) is 64.1 Å². The van der Waals surface area contributed by atoms with Crippen molar-refractivity contribution in [3.8, 4) is 0 Å². The molecule has 1 aromatic heterocycles. The average Bonchev–Trinajstić information content (AvgIpc) is 3.37. The maximum atomic E-state index is 14.1. The molecule has 12 heteroatoms. The fourth-order valence-electron chi connectivity index (χ4n) is 6.66. The Morgan fingerprint density at radius 1 is 1.14 bits per heavy atom. The van der Waals surface area contributed by atoms with Gasteiger partial charge in [-0.3, -0.25) is 19.2 Å². The van der Waals surface area contributed by atoms with Crippen LogP contribution in [0.25, 0.3) is 10.9 Å². The Kier molecular flexibility index (Phi) is 8.67. The first-order valence-corrected chi connectivity index (χ1v) is 17.4. The number of nitrogens with one attached hydrogen (secondary N) is 1. The summed E-state index contributed by atoms with van der Waals surface area (Å²) in [5, 5.41) is 8.15. The third kappa shape index (κ3) is 7.13. The van der Waals surface area contributed by atoms with Gasteiger partial charge in [-0.1, -0.05) is 19.6 Å². The van der Waals surface area contributed by atoms with Gasteiger partial charge in [-0.05, 0) is 80.2 Å². The van der Waals surface area contributed by atoms with Crippen LogP contribution in [0.15, 0.2) is 52.9 Å². The number of halogens is 4. The lowest BCUT2D eigenvalue weighted by atomic mass is 9.71. The minimum atomic E-state index is -8.46. The second-order valence-electron chi connectivity index (χ2n) is 12.5. The molecule has 44 heavy (non-hydrogen) atoms. The van der Waals surface area contributed by atoms with Gasteiger partial charge in [0.05, 0.1) is 23.6 Å². The molecule has 1 saturated heterocycles. The number of carbonyl (C=O) groups is 2. The molecule has 0 spiro atoms. The summed E-state index contributed by atoms with van der Waals surface area (Å²) in [5.41, 5.74) is 2.63. The van der Waals surface area contributed by atoms with Gasteiger partial charge < -0.3 is 10.1 Å². The number of aromatic nitrogens is 2. The van der Waals surface area contributed by atoms with E-state index in [1.807, 2.05) is 36.9 Å². The number of carbonyl (C=O) groups excluding carboxylic acids is 2. The van der Waals surface area contributed by atoms with Crippen molar-refractivity contribution in [2.75, 3.05) is 39.4 Å². The van der Waals surface area contributed by atoms with Crippen molar-refractivity contribution >= 4 is 32.4 Å². The molecule has 1 amide bonds. The largest absolute Gasteiger partial charge is 0.379 e. The fourth-order valence-corrected chi connectivity index (χ4v) is 7.76. The topological polar surface area (TPSA) is 76.5 Å². The monoisotopic (exact) mass is 638 g/mol. The van der Waals surface area contributed by atoms with E-state index in [-0.39, 0.29) is 35.9 Å². The standard InChI is InChI=1S/C32H42F4N4O3S/c1-4-44(33,34,35,36)27-8-6-25(7-9-27)31(41)28-10-5-24(17-22(28)2)20-40-21-26-19-29(23(3)18-30(26)38-40)32(42)37-11-12-39-13-15-43-16-14-39/h4,6,8,18-19,21-22,24,28H,1,5,7,9-17,20H2,2-3H3,(H,37,42). The van der Waals surface area contributed by atoms with E-state index in [4.69, 9.17) is 9.84 Å². The number of aryl methyl sites for hydroxylation is 1. The second kappa shape index (κ2) is 11.8. The van der Waals surface area contributed by atoms with Gasteiger partial charge >= 0.3 is 0 Å². The molecule has 7 nitrogen and oxygen atoms in total. The van der Waals surface area contributed by atoms with Crippen molar-refractivity contribution in [1.29, 1.82) is 0 Å². The summed E-state index contributed by atoms with van der Waals surface area (Å²) in [6, 6.07) is 3.82.